The number of para-hydroxylation sites is 1. The smallest absolute Gasteiger partial charge is 0.210 e. The first-order chi connectivity index (χ1) is 11.3. The number of rotatable bonds is 4. The first kappa shape index (κ1) is 14.3. The Balaban J connectivity index is 1.52. The Morgan fingerprint density at radius 2 is 1.83 bits per heavy atom. The Bertz CT molecular complexity index is 946. The van der Waals surface area contributed by atoms with E-state index >= 15 is 0 Å². The zero-order valence-electron chi connectivity index (χ0n) is 11.8. The monoisotopic (exact) mass is 386 g/mol. The molecule has 0 unspecified atom stereocenters. The number of fused-ring (bicyclic) bond motifs is 1. The molecule has 6 nitrogen and oxygen atoms in total. The van der Waals surface area contributed by atoms with Crippen LogP contribution < -0.4 is 5.32 Å². The second-order valence-electron chi connectivity index (χ2n) is 4.87. The maximum atomic E-state index is 4.22. The number of nitrogens with one attached hydrogen (secondary N) is 1. The minimum absolute atomic E-state index is 0.556. The molecule has 0 aliphatic carbocycles. The van der Waals surface area contributed by atoms with Crippen molar-refractivity contribution in [1.82, 2.24) is 25.2 Å². The number of aromatic nitrogens is 5. The van der Waals surface area contributed by atoms with Crippen LogP contribution in [-0.4, -0.2) is 25.2 Å². The Morgan fingerprint density at radius 1 is 1.00 bits per heavy atom. The first-order valence-electron chi connectivity index (χ1n) is 6.91. The quantitative estimate of drug-likeness (QED) is 0.576. The van der Waals surface area contributed by atoms with Crippen LogP contribution >= 0.6 is 27.3 Å². The summed E-state index contributed by atoms with van der Waals surface area (Å²) in [5.41, 5.74) is 2.84. The highest BCUT2D eigenvalue weighted by molar-refractivity contribution is 9.10. The summed E-state index contributed by atoms with van der Waals surface area (Å²) in [7, 11) is 0. The standard InChI is InChI=1S/C15H11BrN6S/c16-10-5-7-11(8-6-10)17-15-20-19-14(23-15)9-22-13-4-2-1-3-12(13)18-21-22/h1-8H,9H2,(H,17,20). The summed E-state index contributed by atoms with van der Waals surface area (Å²) in [6.07, 6.45) is 0. The van der Waals surface area contributed by atoms with E-state index in [4.69, 9.17) is 0 Å². The van der Waals surface area contributed by atoms with Gasteiger partial charge in [-0.1, -0.05) is 44.6 Å². The molecule has 0 amide bonds. The Labute approximate surface area is 144 Å². The molecule has 2 heterocycles. The summed E-state index contributed by atoms with van der Waals surface area (Å²) < 4.78 is 2.87. The Hall–Kier alpha value is -2.32. The van der Waals surface area contributed by atoms with Gasteiger partial charge in [0.05, 0.1) is 12.1 Å². The van der Waals surface area contributed by atoms with E-state index in [1.165, 1.54) is 11.3 Å². The van der Waals surface area contributed by atoms with Gasteiger partial charge in [0.15, 0.2) is 0 Å². The van der Waals surface area contributed by atoms with Crippen molar-refractivity contribution in [2.75, 3.05) is 5.32 Å². The molecule has 0 fully saturated rings. The van der Waals surface area contributed by atoms with E-state index in [-0.39, 0.29) is 0 Å². The Kier molecular flexibility index (Phi) is 3.76. The fourth-order valence-electron chi connectivity index (χ4n) is 2.19. The van der Waals surface area contributed by atoms with Crippen molar-refractivity contribution in [2.45, 2.75) is 6.54 Å². The summed E-state index contributed by atoms with van der Waals surface area (Å²) in [5, 5.41) is 21.6. The molecule has 1 N–H and O–H groups in total. The van der Waals surface area contributed by atoms with Crippen molar-refractivity contribution in [2.24, 2.45) is 0 Å². The van der Waals surface area contributed by atoms with Crippen LogP contribution in [0.2, 0.25) is 0 Å². The van der Waals surface area contributed by atoms with Crippen molar-refractivity contribution in [3.05, 3.63) is 58.0 Å². The lowest BCUT2D eigenvalue weighted by Crippen LogP contribution is -2.01. The van der Waals surface area contributed by atoms with Gasteiger partial charge >= 0.3 is 0 Å². The molecule has 0 atom stereocenters. The van der Waals surface area contributed by atoms with Gasteiger partial charge in [0.2, 0.25) is 5.13 Å². The predicted molar refractivity (Wildman–Crippen MR) is 94.0 cm³/mol. The van der Waals surface area contributed by atoms with Crippen LogP contribution in [-0.2, 0) is 6.54 Å². The van der Waals surface area contributed by atoms with Crippen LogP contribution in [0, 0.1) is 0 Å². The third-order valence-electron chi connectivity index (χ3n) is 3.27. The number of nitrogens with zero attached hydrogens (tertiary/aromatic N) is 5. The zero-order valence-corrected chi connectivity index (χ0v) is 14.3. The molecule has 0 saturated heterocycles. The number of anilines is 2. The maximum absolute atomic E-state index is 4.22. The molecule has 0 bridgehead atoms. The van der Waals surface area contributed by atoms with Gasteiger partial charge in [0.25, 0.3) is 0 Å². The van der Waals surface area contributed by atoms with Gasteiger partial charge in [-0.25, -0.2) is 4.68 Å². The number of hydrogen-bond acceptors (Lipinski definition) is 6. The average molecular weight is 387 g/mol. The highest BCUT2D eigenvalue weighted by atomic mass is 79.9. The van der Waals surface area contributed by atoms with Crippen molar-refractivity contribution in [3.63, 3.8) is 0 Å². The SMILES string of the molecule is Brc1ccc(Nc2nnc(Cn3nnc4ccccc43)s2)cc1. The van der Waals surface area contributed by atoms with E-state index in [0.717, 1.165) is 31.3 Å². The fraction of sp³-hybridized carbons (Fsp3) is 0.0667. The van der Waals surface area contributed by atoms with E-state index in [9.17, 15) is 0 Å². The highest BCUT2D eigenvalue weighted by Gasteiger charge is 2.09. The van der Waals surface area contributed by atoms with Gasteiger partial charge in [0, 0.05) is 10.2 Å². The lowest BCUT2D eigenvalue weighted by Gasteiger charge is -2.01. The number of benzene rings is 2. The largest absolute Gasteiger partial charge is 0.330 e. The van der Waals surface area contributed by atoms with Crippen LogP contribution in [0.5, 0.6) is 0 Å². The number of hydrogen-bond donors (Lipinski definition) is 1. The molecular formula is C15H11BrN6S. The number of halogens is 1. The van der Waals surface area contributed by atoms with Gasteiger partial charge in [0.1, 0.15) is 10.5 Å². The van der Waals surface area contributed by atoms with Crippen LogP contribution in [0.3, 0.4) is 0 Å². The van der Waals surface area contributed by atoms with Gasteiger partial charge in [-0.15, -0.1) is 15.3 Å². The summed E-state index contributed by atoms with van der Waals surface area (Å²) in [6, 6.07) is 15.8. The maximum Gasteiger partial charge on any atom is 0.210 e. The average Bonchev–Trinajstić information content (AvgIpc) is 3.18. The predicted octanol–water partition coefficient (Wildman–Crippen LogP) is 3.84. The van der Waals surface area contributed by atoms with Crippen molar-refractivity contribution < 1.29 is 0 Å². The molecule has 2 aromatic heterocycles. The van der Waals surface area contributed by atoms with Crippen molar-refractivity contribution in [3.8, 4) is 0 Å². The highest BCUT2D eigenvalue weighted by Crippen LogP contribution is 2.23. The summed E-state index contributed by atoms with van der Waals surface area (Å²) in [4.78, 5) is 0. The summed E-state index contributed by atoms with van der Waals surface area (Å²) >= 11 is 4.92. The lowest BCUT2D eigenvalue weighted by molar-refractivity contribution is 0.662. The molecule has 2 aromatic carbocycles. The molecule has 23 heavy (non-hydrogen) atoms. The lowest BCUT2D eigenvalue weighted by atomic mass is 10.3. The molecule has 0 aliphatic heterocycles. The third kappa shape index (κ3) is 3.08. The second kappa shape index (κ2) is 6.05. The first-order valence-corrected chi connectivity index (χ1v) is 8.52. The molecule has 114 valence electrons. The topological polar surface area (TPSA) is 68.5 Å². The van der Waals surface area contributed by atoms with Crippen molar-refractivity contribution in [1.29, 1.82) is 0 Å². The van der Waals surface area contributed by atoms with E-state index < -0.39 is 0 Å². The van der Waals surface area contributed by atoms with Crippen LogP contribution in [0.15, 0.2) is 53.0 Å². The van der Waals surface area contributed by atoms with E-state index in [1.807, 2.05) is 53.2 Å². The molecule has 4 rings (SSSR count). The summed E-state index contributed by atoms with van der Waals surface area (Å²) in [6.45, 7) is 0.556. The van der Waals surface area contributed by atoms with E-state index in [2.05, 4.69) is 41.8 Å². The molecule has 0 saturated carbocycles. The third-order valence-corrected chi connectivity index (χ3v) is 4.62. The molecule has 4 aromatic rings. The van der Waals surface area contributed by atoms with Crippen LogP contribution in [0.4, 0.5) is 10.8 Å². The Morgan fingerprint density at radius 3 is 2.70 bits per heavy atom. The van der Waals surface area contributed by atoms with E-state index in [1.54, 1.807) is 0 Å². The van der Waals surface area contributed by atoms with Crippen molar-refractivity contribution >= 4 is 49.1 Å². The van der Waals surface area contributed by atoms with Crippen LogP contribution in [0.1, 0.15) is 5.01 Å². The molecule has 0 radical (unpaired) electrons. The van der Waals surface area contributed by atoms with Gasteiger partial charge < -0.3 is 5.32 Å². The molecule has 8 heteroatoms. The van der Waals surface area contributed by atoms with Gasteiger partial charge in [-0.3, -0.25) is 0 Å². The van der Waals surface area contributed by atoms with Gasteiger partial charge in [-0.05, 0) is 36.4 Å². The zero-order chi connectivity index (χ0) is 15.6. The molecule has 0 spiro atoms. The molecular weight excluding hydrogens is 376 g/mol. The molecule has 0 aliphatic rings. The summed E-state index contributed by atoms with van der Waals surface area (Å²) in [5.74, 6) is 0. The minimum Gasteiger partial charge on any atom is -0.330 e. The fourth-order valence-corrected chi connectivity index (χ4v) is 3.19. The van der Waals surface area contributed by atoms with Crippen LogP contribution in [0.25, 0.3) is 11.0 Å². The minimum atomic E-state index is 0.556. The van der Waals surface area contributed by atoms with Gasteiger partial charge in [-0.2, -0.15) is 0 Å². The van der Waals surface area contributed by atoms with E-state index in [0.29, 0.717) is 6.54 Å². The normalized spacial score (nSPS) is 11.0. The second-order valence-corrected chi connectivity index (χ2v) is 6.85.